The fourth-order valence-corrected chi connectivity index (χ4v) is 2.04. The van der Waals surface area contributed by atoms with E-state index in [9.17, 15) is 19.2 Å². The van der Waals surface area contributed by atoms with Gasteiger partial charge in [-0.05, 0) is 11.8 Å². The number of amides is 3. The van der Waals surface area contributed by atoms with Crippen molar-refractivity contribution in [3.8, 4) is 0 Å². The van der Waals surface area contributed by atoms with E-state index in [4.69, 9.17) is 10.8 Å². The predicted octanol–water partition coefficient (Wildman–Crippen LogP) is -1.27. The molecular formula is C15H28N4O5S. The molecule has 0 aliphatic heterocycles. The predicted molar refractivity (Wildman–Crippen MR) is 96.0 cm³/mol. The fraction of sp³-hybridized carbons (Fsp3) is 0.733. The molecule has 0 aromatic heterocycles. The van der Waals surface area contributed by atoms with Crippen LogP contribution < -0.4 is 21.7 Å². The van der Waals surface area contributed by atoms with Gasteiger partial charge in [-0.3, -0.25) is 14.4 Å². The van der Waals surface area contributed by atoms with Crippen LogP contribution in [0.1, 0.15) is 27.7 Å². The Labute approximate surface area is 152 Å². The largest absolute Gasteiger partial charge is 0.480 e. The van der Waals surface area contributed by atoms with Crippen molar-refractivity contribution in [2.24, 2.45) is 17.6 Å². The molecule has 10 heteroatoms. The molecule has 0 aromatic carbocycles. The van der Waals surface area contributed by atoms with Crippen molar-refractivity contribution in [3.05, 3.63) is 0 Å². The maximum Gasteiger partial charge on any atom is 0.327 e. The van der Waals surface area contributed by atoms with Crippen molar-refractivity contribution >= 4 is 36.3 Å². The molecule has 0 saturated carbocycles. The second-order valence-electron chi connectivity index (χ2n) is 6.36. The van der Waals surface area contributed by atoms with Crippen molar-refractivity contribution in [1.82, 2.24) is 16.0 Å². The Hall–Kier alpha value is -1.81. The highest BCUT2D eigenvalue weighted by Gasteiger charge is 2.28. The second kappa shape index (κ2) is 10.9. The number of carbonyl (C=O) groups is 4. The topological polar surface area (TPSA) is 151 Å². The van der Waals surface area contributed by atoms with Crippen molar-refractivity contribution < 1.29 is 24.3 Å². The molecule has 0 saturated heterocycles. The minimum absolute atomic E-state index is 0.0774. The van der Waals surface area contributed by atoms with Crippen LogP contribution in [0.4, 0.5) is 0 Å². The first-order chi connectivity index (χ1) is 11.5. The van der Waals surface area contributed by atoms with Gasteiger partial charge in [0.05, 0.1) is 12.6 Å². The summed E-state index contributed by atoms with van der Waals surface area (Å²) >= 11 is 3.87. The van der Waals surface area contributed by atoms with Crippen LogP contribution in [0, 0.1) is 11.8 Å². The average molecular weight is 376 g/mol. The molecule has 9 nitrogen and oxygen atoms in total. The summed E-state index contributed by atoms with van der Waals surface area (Å²) in [5.74, 6) is -3.32. The second-order valence-corrected chi connectivity index (χ2v) is 6.72. The van der Waals surface area contributed by atoms with Crippen LogP contribution in [0.25, 0.3) is 0 Å². The molecule has 0 bridgehead atoms. The minimum atomic E-state index is -1.22. The molecule has 0 aliphatic rings. The summed E-state index contributed by atoms with van der Waals surface area (Å²) in [7, 11) is 0. The summed E-state index contributed by atoms with van der Waals surface area (Å²) in [5.41, 5.74) is 5.67. The molecule has 25 heavy (non-hydrogen) atoms. The SMILES string of the molecule is CC(C)C(N)C(=O)NCC(=O)NC(C(=O)NC(CS)C(=O)O)C(C)C. The van der Waals surface area contributed by atoms with E-state index >= 15 is 0 Å². The Bertz CT molecular complexity index is 498. The Morgan fingerprint density at radius 1 is 1.00 bits per heavy atom. The van der Waals surface area contributed by atoms with E-state index in [1.165, 1.54) is 0 Å². The van der Waals surface area contributed by atoms with Crippen molar-refractivity contribution in [3.63, 3.8) is 0 Å². The van der Waals surface area contributed by atoms with Gasteiger partial charge in [0.15, 0.2) is 0 Å². The van der Waals surface area contributed by atoms with Gasteiger partial charge in [0.2, 0.25) is 17.7 Å². The zero-order valence-electron chi connectivity index (χ0n) is 14.9. The molecule has 0 aliphatic carbocycles. The summed E-state index contributed by atoms with van der Waals surface area (Å²) in [4.78, 5) is 46.9. The molecule has 3 atom stereocenters. The summed E-state index contributed by atoms with van der Waals surface area (Å²) in [6.07, 6.45) is 0. The Morgan fingerprint density at radius 2 is 1.56 bits per heavy atom. The number of nitrogens with two attached hydrogens (primary N) is 1. The number of carboxylic acid groups (broad SMARTS) is 1. The Balaban J connectivity index is 4.70. The molecule has 6 N–H and O–H groups in total. The van der Waals surface area contributed by atoms with Gasteiger partial charge in [-0.25, -0.2) is 4.79 Å². The number of thiol groups is 1. The first kappa shape index (κ1) is 23.2. The zero-order chi connectivity index (χ0) is 19.7. The summed E-state index contributed by atoms with van der Waals surface area (Å²) < 4.78 is 0. The first-order valence-electron chi connectivity index (χ1n) is 7.97. The van der Waals surface area contributed by atoms with E-state index < -0.39 is 41.8 Å². The van der Waals surface area contributed by atoms with Gasteiger partial charge in [0.1, 0.15) is 12.1 Å². The third kappa shape index (κ3) is 8.21. The van der Waals surface area contributed by atoms with Crippen molar-refractivity contribution in [2.75, 3.05) is 12.3 Å². The van der Waals surface area contributed by atoms with Crippen molar-refractivity contribution in [1.29, 1.82) is 0 Å². The Kier molecular flexibility index (Phi) is 10.1. The van der Waals surface area contributed by atoms with Crippen LogP contribution in [0.15, 0.2) is 0 Å². The van der Waals surface area contributed by atoms with Crippen LogP contribution in [0.5, 0.6) is 0 Å². The van der Waals surface area contributed by atoms with E-state index in [-0.39, 0.29) is 24.1 Å². The number of carboxylic acids is 1. The lowest BCUT2D eigenvalue weighted by molar-refractivity contribution is -0.141. The van der Waals surface area contributed by atoms with Crippen LogP contribution in [0.3, 0.4) is 0 Å². The quantitative estimate of drug-likeness (QED) is 0.262. The van der Waals surface area contributed by atoms with Gasteiger partial charge in [-0.2, -0.15) is 12.6 Å². The highest BCUT2D eigenvalue weighted by Crippen LogP contribution is 2.03. The molecule has 0 rings (SSSR count). The van der Waals surface area contributed by atoms with Crippen LogP contribution in [-0.4, -0.2) is 59.2 Å². The van der Waals surface area contributed by atoms with Gasteiger partial charge < -0.3 is 26.8 Å². The molecule has 144 valence electrons. The van der Waals surface area contributed by atoms with Crippen LogP contribution >= 0.6 is 12.6 Å². The maximum atomic E-state index is 12.2. The minimum Gasteiger partial charge on any atom is -0.480 e. The zero-order valence-corrected chi connectivity index (χ0v) is 15.8. The molecule has 0 radical (unpaired) electrons. The maximum absolute atomic E-state index is 12.2. The molecule has 0 fully saturated rings. The van der Waals surface area contributed by atoms with Crippen LogP contribution in [0.2, 0.25) is 0 Å². The van der Waals surface area contributed by atoms with E-state index in [1.54, 1.807) is 27.7 Å². The summed E-state index contributed by atoms with van der Waals surface area (Å²) in [6, 6.07) is -2.83. The monoisotopic (exact) mass is 376 g/mol. The van der Waals surface area contributed by atoms with Gasteiger partial charge in [0, 0.05) is 5.75 Å². The number of aliphatic carboxylic acids is 1. The number of hydrogen-bond acceptors (Lipinski definition) is 6. The fourth-order valence-electron chi connectivity index (χ4n) is 1.79. The van der Waals surface area contributed by atoms with E-state index in [2.05, 4.69) is 28.6 Å². The van der Waals surface area contributed by atoms with E-state index in [0.717, 1.165) is 0 Å². The van der Waals surface area contributed by atoms with Crippen LogP contribution in [-0.2, 0) is 19.2 Å². The van der Waals surface area contributed by atoms with Gasteiger partial charge in [0.25, 0.3) is 0 Å². The van der Waals surface area contributed by atoms with E-state index in [1.807, 2.05) is 0 Å². The average Bonchev–Trinajstić information content (AvgIpc) is 2.53. The smallest absolute Gasteiger partial charge is 0.327 e. The number of nitrogens with one attached hydrogen (secondary N) is 3. The molecule has 0 aromatic rings. The lowest BCUT2D eigenvalue weighted by Gasteiger charge is -2.24. The van der Waals surface area contributed by atoms with Crippen molar-refractivity contribution in [2.45, 2.75) is 45.8 Å². The number of rotatable bonds is 10. The number of carbonyl (C=O) groups excluding carboxylic acids is 3. The first-order valence-corrected chi connectivity index (χ1v) is 8.61. The van der Waals surface area contributed by atoms with Gasteiger partial charge in [-0.15, -0.1) is 0 Å². The lowest BCUT2D eigenvalue weighted by atomic mass is 10.0. The Morgan fingerprint density at radius 3 is 1.96 bits per heavy atom. The highest BCUT2D eigenvalue weighted by molar-refractivity contribution is 7.80. The van der Waals surface area contributed by atoms with E-state index in [0.29, 0.717) is 0 Å². The molecule has 0 heterocycles. The molecule has 3 amide bonds. The molecule has 3 unspecified atom stereocenters. The number of hydrogen-bond donors (Lipinski definition) is 6. The third-order valence-electron chi connectivity index (χ3n) is 3.51. The third-order valence-corrected chi connectivity index (χ3v) is 3.87. The van der Waals surface area contributed by atoms with Gasteiger partial charge in [-0.1, -0.05) is 27.7 Å². The molecule has 0 spiro atoms. The summed E-state index contributed by atoms with van der Waals surface area (Å²) in [5, 5.41) is 16.2. The lowest BCUT2D eigenvalue weighted by Crippen LogP contribution is -2.56. The highest BCUT2D eigenvalue weighted by atomic mass is 32.1. The normalized spacial score (nSPS) is 14.6. The standard InChI is InChI=1S/C15H28N4O5S/c1-7(2)11(16)13(21)17-5-10(20)19-12(8(3)4)14(22)18-9(6-25)15(23)24/h7-9,11-12,25H,5-6,16H2,1-4H3,(H,17,21)(H,18,22)(H,19,20)(H,23,24). The molecular weight excluding hydrogens is 348 g/mol. The van der Waals surface area contributed by atoms with Gasteiger partial charge >= 0.3 is 5.97 Å². The summed E-state index contributed by atoms with van der Waals surface area (Å²) in [6.45, 7) is 6.64.